The lowest BCUT2D eigenvalue weighted by Crippen LogP contribution is -2.15. The van der Waals surface area contributed by atoms with E-state index < -0.39 is 0 Å². The minimum atomic E-state index is 0.893. The number of aryl methyl sites for hydroxylation is 1. The van der Waals surface area contributed by atoms with Crippen molar-refractivity contribution in [3.05, 3.63) is 28.8 Å². The van der Waals surface area contributed by atoms with Crippen LogP contribution in [0.2, 0.25) is 0 Å². The first-order chi connectivity index (χ1) is 7.70. The lowest BCUT2D eigenvalue weighted by molar-refractivity contribution is 0.404. The van der Waals surface area contributed by atoms with Crippen LogP contribution >= 0.6 is 0 Å². The van der Waals surface area contributed by atoms with Crippen molar-refractivity contribution in [2.24, 2.45) is 0 Å². The van der Waals surface area contributed by atoms with E-state index in [9.17, 15) is 0 Å². The van der Waals surface area contributed by atoms with E-state index in [2.05, 4.69) is 38.2 Å². The second-order valence-corrected chi connectivity index (χ2v) is 4.23. The molecule has 0 aliphatic heterocycles. The van der Waals surface area contributed by atoms with Crippen LogP contribution in [0.4, 0.5) is 0 Å². The summed E-state index contributed by atoms with van der Waals surface area (Å²) in [6.45, 7) is 8.41. The minimum absolute atomic E-state index is 0.893. The van der Waals surface area contributed by atoms with Gasteiger partial charge in [-0.05, 0) is 37.9 Å². The Morgan fingerprint density at radius 1 is 1.25 bits per heavy atom. The van der Waals surface area contributed by atoms with Crippen molar-refractivity contribution in [3.8, 4) is 5.75 Å². The third-order valence-corrected chi connectivity index (χ3v) is 2.98. The van der Waals surface area contributed by atoms with Crippen LogP contribution in [-0.4, -0.2) is 13.7 Å². The number of hydrogen-bond donors (Lipinski definition) is 1. The fourth-order valence-electron chi connectivity index (χ4n) is 1.79. The normalized spacial score (nSPS) is 10.5. The molecule has 0 spiro atoms. The lowest BCUT2D eigenvalue weighted by atomic mass is 10.0. The molecule has 0 aliphatic rings. The molecule has 0 fully saturated rings. The van der Waals surface area contributed by atoms with Gasteiger partial charge in [-0.15, -0.1) is 0 Å². The van der Waals surface area contributed by atoms with Crippen molar-refractivity contribution in [2.45, 2.75) is 40.2 Å². The Hall–Kier alpha value is -1.02. The number of nitrogens with one attached hydrogen (secondary N) is 1. The van der Waals surface area contributed by atoms with Gasteiger partial charge < -0.3 is 10.1 Å². The summed E-state index contributed by atoms with van der Waals surface area (Å²) in [5, 5.41) is 3.44. The molecule has 0 saturated heterocycles. The van der Waals surface area contributed by atoms with Gasteiger partial charge in [-0.3, -0.25) is 0 Å². The molecule has 0 radical (unpaired) electrons. The number of benzene rings is 1. The SMILES string of the molecule is CCCCNCc1ccc(C)c(C)c1OC. The molecule has 16 heavy (non-hydrogen) atoms. The van der Waals surface area contributed by atoms with Crippen molar-refractivity contribution in [1.29, 1.82) is 0 Å². The summed E-state index contributed by atoms with van der Waals surface area (Å²) >= 11 is 0. The van der Waals surface area contributed by atoms with Gasteiger partial charge >= 0.3 is 0 Å². The van der Waals surface area contributed by atoms with Crippen LogP contribution < -0.4 is 10.1 Å². The molecule has 0 heterocycles. The smallest absolute Gasteiger partial charge is 0.126 e. The molecule has 1 N–H and O–H groups in total. The predicted molar refractivity (Wildman–Crippen MR) is 69.1 cm³/mol. The van der Waals surface area contributed by atoms with E-state index in [0.29, 0.717) is 0 Å². The summed E-state index contributed by atoms with van der Waals surface area (Å²) in [5.74, 6) is 1.03. The third kappa shape index (κ3) is 3.24. The average Bonchev–Trinajstić information content (AvgIpc) is 2.29. The number of hydrogen-bond acceptors (Lipinski definition) is 2. The zero-order valence-corrected chi connectivity index (χ0v) is 10.9. The Morgan fingerprint density at radius 3 is 2.62 bits per heavy atom. The molecule has 1 rings (SSSR count). The van der Waals surface area contributed by atoms with Gasteiger partial charge in [-0.2, -0.15) is 0 Å². The molecule has 0 aromatic heterocycles. The predicted octanol–water partition coefficient (Wildman–Crippen LogP) is 3.20. The molecule has 0 aliphatic carbocycles. The largest absolute Gasteiger partial charge is 0.496 e. The van der Waals surface area contributed by atoms with Crippen LogP contribution in [0, 0.1) is 13.8 Å². The monoisotopic (exact) mass is 221 g/mol. The van der Waals surface area contributed by atoms with Gasteiger partial charge in [-0.1, -0.05) is 25.5 Å². The summed E-state index contributed by atoms with van der Waals surface area (Å²) < 4.78 is 5.47. The van der Waals surface area contributed by atoms with Crippen molar-refractivity contribution >= 4 is 0 Å². The molecule has 1 aromatic rings. The Morgan fingerprint density at radius 2 is 2.00 bits per heavy atom. The van der Waals surface area contributed by atoms with Crippen LogP contribution in [0.5, 0.6) is 5.75 Å². The molecule has 2 heteroatoms. The van der Waals surface area contributed by atoms with Crippen LogP contribution in [0.25, 0.3) is 0 Å². The Labute approximate surface area is 99.0 Å². The summed E-state index contributed by atoms with van der Waals surface area (Å²) in [5.41, 5.74) is 3.79. The number of methoxy groups -OCH3 is 1. The third-order valence-electron chi connectivity index (χ3n) is 2.98. The first-order valence-corrected chi connectivity index (χ1v) is 6.04. The fourth-order valence-corrected chi connectivity index (χ4v) is 1.79. The van der Waals surface area contributed by atoms with E-state index in [4.69, 9.17) is 4.74 Å². The second kappa shape index (κ2) is 6.54. The maximum atomic E-state index is 5.47. The molecule has 1 aromatic carbocycles. The summed E-state index contributed by atoms with van der Waals surface area (Å²) in [6, 6.07) is 4.31. The molecular weight excluding hydrogens is 198 g/mol. The van der Waals surface area contributed by atoms with Crippen molar-refractivity contribution in [3.63, 3.8) is 0 Å². The van der Waals surface area contributed by atoms with E-state index in [-0.39, 0.29) is 0 Å². The van der Waals surface area contributed by atoms with Gasteiger partial charge in [-0.25, -0.2) is 0 Å². The van der Waals surface area contributed by atoms with Crippen LogP contribution in [0.3, 0.4) is 0 Å². The average molecular weight is 221 g/mol. The summed E-state index contributed by atoms with van der Waals surface area (Å²) in [4.78, 5) is 0. The van der Waals surface area contributed by atoms with Crippen LogP contribution in [0.15, 0.2) is 12.1 Å². The Bertz CT molecular complexity index is 334. The first kappa shape index (κ1) is 13.0. The number of rotatable bonds is 6. The van der Waals surface area contributed by atoms with E-state index in [1.54, 1.807) is 7.11 Å². The van der Waals surface area contributed by atoms with E-state index in [0.717, 1.165) is 18.8 Å². The molecule has 0 unspecified atom stereocenters. The van der Waals surface area contributed by atoms with Crippen LogP contribution in [0.1, 0.15) is 36.5 Å². The minimum Gasteiger partial charge on any atom is -0.496 e. The highest BCUT2D eigenvalue weighted by Gasteiger charge is 2.07. The van der Waals surface area contributed by atoms with Gasteiger partial charge in [0.1, 0.15) is 5.75 Å². The molecule has 2 nitrogen and oxygen atoms in total. The first-order valence-electron chi connectivity index (χ1n) is 6.04. The van der Waals surface area contributed by atoms with Gasteiger partial charge in [0, 0.05) is 12.1 Å². The maximum Gasteiger partial charge on any atom is 0.126 e. The standard InChI is InChI=1S/C14H23NO/c1-5-6-9-15-10-13-8-7-11(2)12(3)14(13)16-4/h7-8,15H,5-6,9-10H2,1-4H3. The highest BCUT2D eigenvalue weighted by Crippen LogP contribution is 2.25. The quantitative estimate of drug-likeness (QED) is 0.745. The topological polar surface area (TPSA) is 21.3 Å². The summed E-state index contributed by atoms with van der Waals surface area (Å²) in [7, 11) is 1.75. The van der Waals surface area contributed by atoms with E-state index >= 15 is 0 Å². The zero-order valence-electron chi connectivity index (χ0n) is 10.9. The van der Waals surface area contributed by atoms with Gasteiger partial charge in [0.05, 0.1) is 7.11 Å². The molecular formula is C14H23NO. The molecule has 0 bridgehead atoms. The van der Waals surface area contributed by atoms with E-state index in [1.807, 2.05) is 0 Å². The number of unbranched alkanes of at least 4 members (excludes halogenated alkanes) is 1. The molecule has 0 amide bonds. The Kier molecular flexibility index (Phi) is 5.33. The highest BCUT2D eigenvalue weighted by molar-refractivity contribution is 5.45. The van der Waals surface area contributed by atoms with Gasteiger partial charge in [0.2, 0.25) is 0 Å². The summed E-state index contributed by atoms with van der Waals surface area (Å²) in [6.07, 6.45) is 2.46. The van der Waals surface area contributed by atoms with Gasteiger partial charge in [0.15, 0.2) is 0 Å². The van der Waals surface area contributed by atoms with Crippen molar-refractivity contribution in [1.82, 2.24) is 5.32 Å². The second-order valence-electron chi connectivity index (χ2n) is 4.23. The van der Waals surface area contributed by atoms with Crippen LogP contribution in [-0.2, 0) is 6.54 Å². The number of ether oxygens (including phenoxy) is 1. The van der Waals surface area contributed by atoms with Crippen molar-refractivity contribution < 1.29 is 4.74 Å². The van der Waals surface area contributed by atoms with E-state index in [1.165, 1.54) is 29.5 Å². The maximum absolute atomic E-state index is 5.47. The lowest BCUT2D eigenvalue weighted by Gasteiger charge is -2.14. The molecule has 0 atom stereocenters. The highest BCUT2D eigenvalue weighted by atomic mass is 16.5. The molecule has 90 valence electrons. The fraction of sp³-hybridized carbons (Fsp3) is 0.571. The molecule has 0 saturated carbocycles. The van der Waals surface area contributed by atoms with Gasteiger partial charge in [0.25, 0.3) is 0 Å². The zero-order chi connectivity index (χ0) is 12.0. The Balaban J connectivity index is 2.68. The van der Waals surface area contributed by atoms with Crippen molar-refractivity contribution in [2.75, 3.05) is 13.7 Å².